The molecule has 1 aromatic carbocycles. The number of benzene rings is 1. The zero-order valence-electron chi connectivity index (χ0n) is 10.1. The molecule has 0 aromatic heterocycles. The van der Waals surface area contributed by atoms with Crippen molar-refractivity contribution in [2.75, 3.05) is 7.11 Å². The lowest BCUT2D eigenvalue weighted by molar-refractivity contribution is -0.143. The summed E-state index contributed by atoms with van der Waals surface area (Å²) in [5.41, 5.74) is 1.32. The van der Waals surface area contributed by atoms with Crippen molar-refractivity contribution in [2.24, 2.45) is 0 Å². The second-order valence-corrected chi connectivity index (χ2v) is 4.80. The summed E-state index contributed by atoms with van der Waals surface area (Å²) in [7, 11) is 1.30. The summed E-state index contributed by atoms with van der Waals surface area (Å²) in [6, 6.07) is 7.89. The number of methoxy groups -OCH3 is 1. The maximum Gasteiger partial charge on any atom is 0.357 e. The van der Waals surface area contributed by atoms with Crippen LogP contribution in [0, 0.1) is 0 Å². The van der Waals surface area contributed by atoms with E-state index in [4.69, 9.17) is 16.3 Å². The number of carbonyl (C=O) groups excluding carboxylic acids is 1. The van der Waals surface area contributed by atoms with Crippen molar-refractivity contribution < 1.29 is 14.3 Å². The minimum absolute atomic E-state index is 0.554. The van der Waals surface area contributed by atoms with Crippen LogP contribution >= 0.6 is 11.6 Å². The van der Waals surface area contributed by atoms with Crippen LogP contribution < -0.4 is 0 Å². The smallest absolute Gasteiger partial charge is 0.357 e. The monoisotopic (exact) mass is 254 g/mol. The summed E-state index contributed by atoms with van der Waals surface area (Å²) in [4.78, 5) is 11.5. The van der Waals surface area contributed by atoms with Crippen molar-refractivity contribution in [3.63, 3.8) is 0 Å². The fraction of sp³-hybridized carbons (Fsp3) is 0.462. The Kier molecular flexibility index (Phi) is 2.92. The van der Waals surface area contributed by atoms with Gasteiger partial charge in [-0.05, 0) is 24.5 Å². The number of esters is 1. The molecule has 0 aliphatic carbocycles. The van der Waals surface area contributed by atoms with Crippen molar-refractivity contribution in [1.29, 1.82) is 0 Å². The summed E-state index contributed by atoms with van der Waals surface area (Å²) in [5, 5.41) is -1.38. The van der Waals surface area contributed by atoms with Crippen LogP contribution in [-0.4, -0.2) is 18.1 Å². The number of ether oxygens (including phenoxy) is 2. The van der Waals surface area contributed by atoms with E-state index < -0.39 is 16.6 Å². The van der Waals surface area contributed by atoms with Crippen molar-refractivity contribution in [3.8, 4) is 0 Å². The number of rotatable bonds is 3. The van der Waals surface area contributed by atoms with Crippen molar-refractivity contribution in [2.45, 2.75) is 30.9 Å². The quantitative estimate of drug-likeness (QED) is 0.473. The van der Waals surface area contributed by atoms with Crippen LogP contribution in [-0.2, 0) is 26.3 Å². The molecule has 1 fully saturated rings. The molecule has 2 unspecified atom stereocenters. The molecule has 0 N–H and O–H groups in total. The Morgan fingerprint density at radius 2 is 2.00 bits per heavy atom. The first-order valence-electron chi connectivity index (χ1n) is 5.55. The van der Waals surface area contributed by atoms with Crippen LogP contribution in [0.1, 0.15) is 25.0 Å². The maximum atomic E-state index is 11.5. The van der Waals surface area contributed by atoms with Gasteiger partial charge in [0.15, 0.2) is 0 Å². The lowest BCUT2D eigenvalue weighted by Gasteiger charge is -2.10. The summed E-state index contributed by atoms with van der Waals surface area (Å²) in [6.45, 7) is 3.88. The number of epoxide rings is 1. The van der Waals surface area contributed by atoms with E-state index in [0.29, 0.717) is 0 Å². The van der Waals surface area contributed by atoms with Gasteiger partial charge in [0.1, 0.15) is 5.60 Å². The van der Waals surface area contributed by atoms with E-state index >= 15 is 0 Å². The van der Waals surface area contributed by atoms with Gasteiger partial charge < -0.3 is 9.47 Å². The Morgan fingerprint density at radius 3 is 2.47 bits per heavy atom. The Labute approximate surface area is 106 Å². The fourth-order valence-corrected chi connectivity index (χ4v) is 2.27. The molecule has 0 bridgehead atoms. The van der Waals surface area contributed by atoms with Gasteiger partial charge in [0.05, 0.1) is 7.11 Å². The standard InChI is InChI=1S/C13H15ClO3/c1-4-9-5-7-10(8-6-9)12(2)13(14,17-12)11(15)16-3/h5-8H,4H2,1-3H3. The van der Waals surface area contributed by atoms with E-state index in [1.807, 2.05) is 24.3 Å². The van der Waals surface area contributed by atoms with Crippen molar-refractivity contribution in [1.82, 2.24) is 0 Å². The van der Waals surface area contributed by atoms with Crippen LogP contribution in [0.3, 0.4) is 0 Å². The molecule has 0 saturated carbocycles. The van der Waals surface area contributed by atoms with Crippen LogP contribution in [0.2, 0.25) is 0 Å². The van der Waals surface area contributed by atoms with Gasteiger partial charge in [-0.1, -0.05) is 42.8 Å². The predicted octanol–water partition coefficient (Wildman–Crippen LogP) is 2.60. The molecule has 1 aliphatic rings. The molecule has 17 heavy (non-hydrogen) atoms. The van der Waals surface area contributed by atoms with Crippen LogP contribution in [0.4, 0.5) is 0 Å². The molecule has 0 amide bonds. The first-order chi connectivity index (χ1) is 7.98. The van der Waals surface area contributed by atoms with E-state index in [1.165, 1.54) is 12.7 Å². The second-order valence-electron chi connectivity index (χ2n) is 4.27. The average molecular weight is 255 g/mol. The minimum Gasteiger partial charge on any atom is -0.466 e. The minimum atomic E-state index is -1.38. The molecule has 1 aromatic rings. The van der Waals surface area contributed by atoms with Crippen LogP contribution in [0.15, 0.2) is 24.3 Å². The van der Waals surface area contributed by atoms with Gasteiger partial charge in [-0.25, -0.2) is 4.79 Å². The molecular formula is C13H15ClO3. The van der Waals surface area contributed by atoms with Crippen LogP contribution in [0.5, 0.6) is 0 Å². The molecule has 2 rings (SSSR count). The lowest BCUT2D eigenvalue weighted by Crippen LogP contribution is -2.26. The highest BCUT2D eigenvalue weighted by Gasteiger charge is 2.73. The fourth-order valence-electron chi connectivity index (χ4n) is 1.93. The van der Waals surface area contributed by atoms with Crippen molar-refractivity contribution in [3.05, 3.63) is 35.4 Å². The molecule has 4 heteroatoms. The SMILES string of the molecule is CCc1ccc(C2(C)OC2(Cl)C(=O)OC)cc1. The highest BCUT2D eigenvalue weighted by atomic mass is 35.5. The van der Waals surface area contributed by atoms with E-state index in [2.05, 4.69) is 11.7 Å². The molecule has 3 nitrogen and oxygen atoms in total. The largest absolute Gasteiger partial charge is 0.466 e. The molecular weight excluding hydrogens is 240 g/mol. The lowest BCUT2D eigenvalue weighted by atomic mass is 9.95. The number of hydrogen-bond acceptors (Lipinski definition) is 3. The van der Waals surface area contributed by atoms with Crippen LogP contribution in [0.25, 0.3) is 0 Å². The summed E-state index contributed by atoms with van der Waals surface area (Å²) < 4.78 is 10.0. The molecule has 1 saturated heterocycles. The first kappa shape index (κ1) is 12.4. The van der Waals surface area contributed by atoms with E-state index in [1.54, 1.807) is 6.92 Å². The summed E-state index contributed by atoms with van der Waals surface area (Å²) in [5.74, 6) is -0.554. The topological polar surface area (TPSA) is 38.8 Å². The molecule has 92 valence electrons. The first-order valence-corrected chi connectivity index (χ1v) is 5.92. The Balaban J connectivity index is 2.27. The predicted molar refractivity (Wildman–Crippen MR) is 64.9 cm³/mol. The number of carbonyl (C=O) groups is 1. The summed E-state index contributed by atoms with van der Waals surface area (Å²) >= 11 is 6.11. The van der Waals surface area contributed by atoms with Gasteiger partial charge in [0.25, 0.3) is 5.06 Å². The Hall–Kier alpha value is -1.06. The van der Waals surface area contributed by atoms with Gasteiger partial charge in [0, 0.05) is 0 Å². The van der Waals surface area contributed by atoms with Gasteiger partial charge in [-0.2, -0.15) is 0 Å². The zero-order chi connectivity index (χ0) is 12.7. The Bertz CT molecular complexity index is 442. The zero-order valence-corrected chi connectivity index (χ0v) is 10.9. The second kappa shape index (κ2) is 4.00. The molecule has 2 atom stereocenters. The van der Waals surface area contributed by atoms with Gasteiger partial charge in [0.2, 0.25) is 0 Å². The summed E-state index contributed by atoms with van der Waals surface area (Å²) in [6.07, 6.45) is 0.973. The molecule has 1 heterocycles. The molecule has 0 spiro atoms. The molecule has 0 radical (unpaired) electrons. The van der Waals surface area contributed by atoms with E-state index in [0.717, 1.165) is 12.0 Å². The third kappa shape index (κ3) is 1.74. The van der Waals surface area contributed by atoms with Gasteiger partial charge >= 0.3 is 5.97 Å². The third-order valence-electron chi connectivity index (χ3n) is 3.28. The van der Waals surface area contributed by atoms with E-state index in [9.17, 15) is 4.79 Å². The Morgan fingerprint density at radius 1 is 1.41 bits per heavy atom. The maximum absolute atomic E-state index is 11.5. The highest BCUT2D eigenvalue weighted by molar-refractivity contribution is 6.35. The number of aryl methyl sites for hydroxylation is 1. The number of alkyl halides is 1. The molecule has 1 aliphatic heterocycles. The van der Waals surface area contributed by atoms with E-state index in [-0.39, 0.29) is 0 Å². The van der Waals surface area contributed by atoms with Gasteiger partial charge in [-0.15, -0.1) is 0 Å². The third-order valence-corrected chi connectivity index (χ3v) is 3.87. The average Bonchev–Trinajstić information content (AvgIpc) is 2.94. The van der Waals surface area contributed by atoms with Crippen molar-refractivity contribution >= 4 is 17.6 Å². The number of halogens is 1. The normalized spacial score (nSPS) is 31.1. The highest BCUT2D eigenvalue weighted by Crippen LogP contribution is 2.58. The van der Waals surface area contributed by atoms with Gasteiger partial charge in [-0.3, -0.25) is 0 Å². The number of hydrogen-bond donors (Lipinski definition) is 0.